The van der Waals surface area contributed by atoms with Crippen LogP contribution < -0.4 is 20.1 Å². The molecule has 1 atom stereocenters. The summed E-state index contributed by atoms with van der Waals surface area (Å²) in [6.07, 6.45) is 2.95. The van der Waals surface area contributed by atoms with Crippen molar-refractivity contribution >= 4 is 5.96 Å². The average molecular weight is 368 g/mol. The van der Waals surface area contributed by atoms with E-state index in [1.807, 2.05) is 13.0 Å². The van der Waals surface area contributed by atoms with Gasteiger partial charge in [0.2, 0.25) is 0 Å². The van der Waals surface area contributed by atoms with E-state index in [0.29, 0.717) is 19.7 Å². The molecule has 1 unspecified atom stereocenters. The number of rotatable bonds is 6. The Kier molecular flexibility index (Phi) is 6.16. The first kappa shape index (κ1) is 19.0. The Morgan fingerprint density at radius 2 is 2.15 bits per heavy atom. The summed E-state index contributed by atoms with van der Waals surface area (Å²) in [6, 6.07) is 8.18. The van der Waals surface area contributed by atoms with Gasteiger partial charge < -0.3 is 20.1 Å². The van der Waals surface area contributed by atoms with Gasteiger partial charge in [0.1, 0.15) is 17.6 Å². The monoisotopic (exact) mass is 368 g/mol. The van der Waals surface area contributed by atoms with E-state index in [9.17, 15) is 0 Å². The minimum absolute atomic E-state index is 0.216. The van der Waals surface area contributed by atoms with Crippen molar-refractivity contribution in [1.82, 2.24) is 15.6 Å². The van der Waals surface area contributed by atoms with Crippen LogP contribution in [0.4, 0.5) is 0 Å². The van der Waals surface area contributed by atoms with E-state index in [4.69, 9.17) is 9.47 Å². The van der Waals surface area contributed by atoms with Crippen LogP contribution in [-0.2, 0) is 19.5 Å². The molecule has 0 spiro atoms. The quantitative estimate of drug-likeness (QED) is 0.606. The standard InChI is InChI=1S/C21H28N4O2/c1-5-26-19-10-16-9-15(3)27-20(16)11-17(19)12-24-21(22-4)25-13-18-14(2)7-6-8-23-18/h6-8,10-11,15H,5,9,12-13H2,1-4H3,(H2,22,24,25). The van der Waals surface area contributed by atoms with Crippen LogP contribution in [0.25, 0.3) is 0 Å². The number of aryl methyl sites for hydroxylation is 1. The van der Waals surface area contributed by atoms with Gasteiger partial charge in [-0.05, 0) is 44.5 Å². The van der Waals surface area contributed by atoms with Crippen LogP contribution in [-0.4, -0.2) is 30.7 Å². The SMILES string of the molecule is CCOc1cc2c(cc1CNC(=NC)NCc1ncccc1C)OC(C)C2. The van der Waals surface area contributed by atoms with Crippen LogP contribution >= 0.6 is 0 Å². The predicted molar refractivity (Wildman–Crippen MR) is 107 cm³/mol. The molecule has 1 aliphatic rings. The molecule has 1 aromatic heterocycles. The molecule has 0 aliphatic carbocycles. The van der Waals surface area contributed by atoms with Crippen molar-refractivity contribution in [2.75, 3.05) is 13.7 Å². The predicted octanol–water partition coefficient (Wildman–Crippen LogP) is 2.98. The van der Waals surface area contributed by atoms with Crippen molar-refractivity contribution in [1.29, 1.82) is 0 Å². The zero-order valence-electron chi connectivity index (χ0n) is 16.5. The summed E-state index contributed by atoms with van der Waals surface area (Å²) < 4.78 is 11.7. The Hall–Kier alpha value is -2.76. The van der Waals surface area contributed by atoms with Crippen molar-refractivity contribution in [2.24, 2.45) is 4.99 Å². The summed E-state index contributed by atoms with van der Waals surface area (Å²) in [5, 5.41) is 6.66. The molecular weight excluding hydrogens is 340 g/mol. The lowest BCUT2D eigenvalue weighted by molar-refractivity contribution is 0.254. The molecule has 0 saturated heterocycles. The third-order valence-corrected chi connectivity index (χ3v) is 4.59. The highest BCUT2D eigenvalue weighted by atomic mass is 16.5. The molecule has 1 aliphatic heterocycles. The third kappa shape index (κ3) is 4.70. The minimum Gasteiger partial charge on any atom is -0.494 e. The fourth-order valence-electron chi connectivity index (χ4n) is 3.18. The lowest BCUT2D eigenvalue weighted by Gasteiger charge is -2.16. The second kappa shape index (κ2) is 8.75. The molecular formula is C21H28N4O2. The van der Waals surface area contributed by atoms with Crippen LogP contribution in [0.1, 0.15) is 36.2 Å². The highest BCUT2D eigenvalue weighted by molar-refractivity contribution is 5.79. The summed E-state index contributed by atoms with van der Waals surface area (Å²) in [5.41, 5.74) is 4.43. The maximum atomic E-state index is 5.89. The molecule has 2 heterocycles. The van der Waals surface area contributed by atoms with Gasteiger partial charge in [-0.3, -0.25) is 9.98 Å². The van der Waals surface area contributed by atoms with Crippen LogP contribution in [0.15, 0.2) is 35.5 Å². The highest BCUT2D eigenvalue weighted by Crippen LogP contribution is 2.35. The van der Waals surface area contributed by atoms with Gasteiger partial charge in [0.25, 0.3) is 0 Å². The Balaban J connectivity index is 1.66. The molecule has 0 bridgehead atoms. The van der Waals surface area contributed by atoms with Gasteiger partial charge in [-0.1, -0.05) is 6.07 Å². The zero-order valence-corrected chi connectivity index (χ0v) is 16.5. The molecule has 0 radical (unpaired) electrons. The number of nitrogens with zero attached hydrogens (tertiary/aromatic N) is 2. The number of ether oxygens (including phenoxy) is 2. The van der Waals surface area contributed by atoms with Crippen molar-refractivity contribution in [3.8, 4) is 11.5 Å². The number of hydrogen-bond acceptors (Lipinski definition) is 4. The Morgan fingerprint density at radius 3 is 2.89 bits per heavy atom. The van der Waals surface area contributed by atoms with Gasteiger partial charge in [-0.25, -0.2) is 0 Å². The Morgan fingerprint density at radius 1 is 1.33 bits per heavy atom. The molecule has 0 amide bonds. The molecule has 27 heavy (non-hydrogen) atoms. The zero-order chi connectivity index (χ0) is 19.2. The molecule has 1 aromatic carbocycles. The van der Waals surface area contributed by atoms with Gasteiger partial charge in [0.05, 0.1) is 18.8 Å². The van der Waals surface area contributed by atoms with E-state index in [2.05, 4.69) is 52.7 Å². The van der Waals surface area contributed by atoms with Gasteiger partial charge in [-0.15, -0.1) is 0 Å². The number of aliphatic imine (C=N–C) groups is 1. The molecule has 2 aromatic rings. The van der Waals surface area contributed by atoms with Crippen molar-refractivity contribution in [3.05, 3.63) is 52.8 Å². The van der Waals surface area contributed by atoms with E-state index < -0.39 is 0 Å². The number of hydrogen-bond donors (Lipinski definition) is 2. The van der Waals surface area contributed by atoms with E-state index in [1.54, 1.807) is 13.2 Å². The van der Waals surface area contributed by atoms with Gasteiger partial charge in [0, 0.05) is 37.3 Å². The van der Waals surface area contributed by atoms with E-state index in [0.717, 1.165) is 40.7 Å². The van der Waals surface area contributed by atoms with Gasteiger partial charge in [0.15, 0.2) is 5.96 Å². The summed E-state index contributed by atoms with van der Waals surface area (Å²) in [6.45, 7) is 7.99. The topological polar surface area (TPSA) is 67.8 Å². The lowest BCUT2D eigenvalue weighted by atomic mass is 10.1. The molecule has 144 valence electrons. The first-order valence-corrected chi connectivity index (χ1v) is 9.41. The summed E-state index contributed by atoms with van der Waals surface area (Å²) in [5.74, 6) is 2.57. The van der Waals surface area contributed by atoms with Crippen LogP contribution in [0.2, 0.25) is 0 Å². The third-order valence-electron chi connectivity index (χ3n) is 4.59. The first-order valence-electron chi connectivity index (χ1n) is 9.41. The van der Waals surface area contributed by atoms with Gasteiger partial charge in [-0.2, -0.15) is 0 Å². The molecule has 0 fully saturated rings. The summed E-state index contributed by atoms with van der Waals surface area (Å²) >= 11 is 0. The normalized spacial score (nSPS) is 15.9. The van der Waals surface area contributed by atoms with Crippen molar-refractivity contribution in [3.63, 3.8) is 0 Å². The average Bonchev–Trinajstić information content (AvgIpc) is 3.02. The summed E-state index contributed by atoms with van der Waals surface area (Å²) in [4.78, 5) is 8.71. The van der Waals surface area contributed by atoms with E-state index >= 15 is 0 Å². The molecule has 6 heteroatoms. The van der Waals surface area contributed by atoms with Crippen LogP contribution in [0.3, 0.4) is 0 Å². The Bertz CT molecular complexity index is 820. The van der Waals surface area contributed by atoms with Crippen LogP contribution in [0, 0.1) is 6.92 Å². The smallest absolute Gasteiger partial charge is 0.191 e. The van der Waals surface area contributed by atoms with Crippen molar-refractivity contribution in [2.45, 2.75) is 46.4 Å². The number of benzene rings is 1. The second-order valence-electron chi connectivity index (χ2n) is 6.68. The minimum atomic E-state index is 0.216. The van der Waals surface area contributed by atoms with E-state index in [-0.39, 0.29) is 6.10 Å². The van der Waals surface area contributed by atoms with Gasteiger partial charge >= 0.3 is 0 Å². The number of guanidine groups is 1. The molecule has 6 nitrogen and oxygen atoms in total. The fourth-order valence-corrected chi connectivity index (χ4v) is 3.18. The van der Waals surface area contributed by atoms with Crippen molar-refractivity contribution < 1.29 is 9.47 Å². The number of pyridine rings is 1. The number of nitrogens with one attached hydrogen (secondary N) is 2. The maximum absolute atomic E-state index is 5.89. The largest absolute Gasteiger partial charge is 0.494 e. The van der Waals surface area contributed by atoms with Crippen LogP contribution in [0.5, 0.6) is 11.5 Å². The fraction of sp³-hybridized carbons (Fsp3) is 0.429. The lowest BCUT2D eigenvalue weighted by Crippen LogP contribution is -2.36. The molecule has 2 N–H and O–H groups in total. The molecule has 3 rings (SSSR count). The molecule has 0 saturated carbocycles. The number of aromatic nitrogens is 1. The number of fused-ring (bicyclic) bond motifs is 1. The van der Waals surface area contributed by atoms with E-state index in [1.165, 1.54) is 5.56 Å². The highest BCUT2D eigenvalue weighted by Gasteiger charge is 2.21. The summed E-state index contributed by atoms with van der Waals surface area (Å²) in [7, 11) is 1.76. The Labute approximate surface area is 161 Å². The first-order chi connectivity index (χ1) is 13.1. The second-order valence-corrected chi connectivity index (χ2v) is 6.68. The maximum Gasteiger partial charge on any atom is 0.191 e.